The number of anilines is 3. The van der Waals surface area contributed by atoms with Gasteiger partial charge in [-0.3, -0.25) is 0 Å². The van der Waals surface area contributed by atoms with E-state index >= 15 is 0 Å². The maximum Gasteiger partial charge on any atom is 0.0681 e. The summed E-state index contributed by atoms with van der Waals surface area (Å²) in [5, 5.41) is 15.9. The fourth-order valence-corrected chi connectivity index (χ4v) is 3.08. The summed E-state index contributed by atoms with van der Waals surface area (Å²) in [6.45, 7) is 6.36. The van der Waals surface area contributed by atoms with Gasteiger partial charge in [0.25, 0.3) is 0 Å². The molecule has 0 saturated heterocycles. The van der Waals surface area contributed by atoms with Crippen molar-refractivity contribution in [2.45, 2.75) is 20.5 Å². The normalized spacial score (nSPS) is 11.0. The van der Waals surface area contributed by atoms with Gasteiger partial charge in [0.2, 0.25) is 0 Å². The zero-order valence-corrected chi connectivity index (χ0v) is 16.5. The number of rotatable bonds is 8. The molecular weight excluding hydrogens is 346 g/mol. The van der Waals surface area contributed by atoms with E-state index in [0.29, 0.717) is 0 Å². The quantitative estimate of drug-likeness (QED) is 0.436. The molecule has 0 aliphatic carbocycles. The summed E-state index contributed by atoms with van der Waals surface area (Å²) >= 11 is 0. The van der Waals surface area contributed by atoms with Crippen molar-refractivity contribution in [1.82, 2.24) is 0 Å². The van der Waals surface area contributed by atoms with Crippen molar-refractivity contribution in [1.29, 1.82) is 0 Å². The lowest BCUT2D eigenvalue weighted by atomic mass is 10.2. The first kappa shape index (κ1) is 19.6. The van der Waals surface area contributed by atoms with Crippen LogP contribution in [0.2, 0.25) is 0 Å². The highest BCUT2D eigenvalue weighted by atomic mass is 16.3. The van der Waals surface area contributed by atoms with Crippen molar-refractivity contribution >= 4 is 23.3 Å². The maximum absolute atomic E-state index is 9.29. The van der Waals surface area contributed by atoms with Crippen LogP contribution in [0.3, 0.4) is 0 Å². The highest BCUT2D eigenvalue weighted by Gasteiger charge is 2.07. The smallest absolute Gasteiger partial charge is 0.0681 e. The van der Waals surface area contributed by atoms with E-state index in [1.54, 1.807) is 0 Å². The standard InChI is InChI=1S/C24H27N3O/c1-3-26(4-2)22-14-10-20(11-15-22)18-25-27(23-8-6-5-7-9-23)24-16-12-21(19-28)13-17-24/h5-18,28H,3-4,19H2,1-2H3/b25-18+. The second-order valence-electron chi connectivity index (χ2n) is 6.48. The Balaban J connectivity index is 1.86. The van der Waals surface area contributed by atoms with Gasteiger partial charge in [0, 0.05) is 18.8 Å². The first-order valence-electron chi connectivity index (χ1n) is 9.69. The molecule has 0 aliphatic heterocycles. The lowest BCUT2D eigenvalue weighted by Gasteiger charge is -2.21. The van der Waals surface area contributed by atoms with Crippen LogP contribution < -0.4 is 9.91 Å². The molecule has 3 aromatic rings. The largest absolute Gasteiger partial charge is 0.392 e. The van der Waals surface area contributed by atoms with Crippen LogP contribution in [0.1, 0.15) is 25.0 Å². The molecule has 3 rings (SSSR count). The van der Waals surface area contributed by atoms with Crippen molar-refractivity contribution in [3.8, 4) is 0 Å². The molecule has 0 amide bonds. The van der Waals surface area contributed by atoms with E-state index in [4.69, 9.17) is 5.10 Å². The molecule has 28 heavy (non-hydrogen) atoms. The molecule has 4 heteroatoms. The number of aliphatic hydroxyl groups is 1. The second-order valence-corrected chi connectivity index (χ2v) is 6.48. The topological polar surface area (TPSA) is 39.1 Å². The van der Waals surface area contributed by atoms with Crippen LogP contribution in [0.25, 0.3) is 0 Å². The fraction of sp³-hybridized carbons (Fsp3) is 0.208. The van der Waals surface area contributed by atoms with Gasteiger partial charge in [-0.25, -0.2) is 5.01 Å². The van der Waals surface area contributed by atoms with Crippen molar-refractivity contribution < 1.29 is 5.11 Å². The molecule has 0 unspecified atom stereocenters. The minimum atomic E-state index is 0.0355. The van der Waals surface area contributed by atoms with Gasteiger partial charge < -0.3 is 10.0 Å². The first-order chi connectivity index (χ1) is 13.7. The highest BCUT2D eigenvalue weighted by molar-refractivity contribution is 5.82. The van der Waals surface area contributed by atoms with Crippen molar-refractivity contribution in [3.05, 3.63) is 90.0 Å². The molecule has 0 bridgehead atoms. The van der Waals surface area contributed by atoms with E-state index in [0.717, 1.165) is 35.6 Å². The summed E-state index contributed by atoms with van der Waals surface area (Å²) in [5.74, 6) is 0. The minimum Gasteiger partial charge on any atom is -0.392 e. The first-order valence-corrected chi connectivity index (χ1v) is 9.69. The Morgan fingerprint density at radius 2 is 1.32 bits per heavy atom. The van der Waals surface area contributed by atoms with Gasteiger partial charge in [-0.1, -0.05) is 42.5 Å². The highest BCUT2D eigenvalue weighted by Crippen LogP contribution is 2.26. The number of aliphatic hydroxyl groups excluding tert-OH is 1. The van der Waals surface area contributed by atoms with Crippen LogP contribution in [0.4, 0.5) is 17.1 Å². The molecule has 144 valence electrons. The molecule has 0 aromatic heterocycles. The van der Waals surface area contributed by atoms with E-state index in [1.807, 2.05) is 65.8 Å². The molecule has 3 aromatic carbocycles. The van der Waals surface area contributed by atoms with Crippen molar-refractivity contribution in [2.24, 2.45) is 5.10 Å². The molecule has 0 fully saturated rings. The third-order valence-corrected chi connectivity index (χ3v) is 4.71. The molecule has 0 spiro atoms. The lowest BCUT2D eigenvalue weighted by molar-refractivity contribution is 0.282. The van der Waals surface area contributed by atoms with E-state index in [-0.39, 0.29) is 6.61 Å². The van der Waals surface area contributed by atoms with Crippen LogP contribution in [-0.2, 0) is 6.61 Å². The monoisotopic (exact) mass is 373 g/mol. The third kappa shape index (κ3) is 4.78. The predicted molar refractivity (Wildman–Crippen MR) is 119 cm³/mol. The molecule has 0 atom stereocenters. The molecule has 4 nitrogen and oxygen atoms in total. The average molecular weight is 374 g/mol. The van der Waals surface area contributed by atoms with Gasteiger partial charge in [0.1, 0.15) is 0 Å². The average Bonchev–Trinajstić information content (AvgIpc) is 2.77. The number of hydrogen-bond donors (Lipinski definition) is 1. The Labute approximate surface area is 167 Å². The minimum absolute atomic E-state index is 0.0355. The van der Waals surface area contributed by atoms with E-state index in [9.17, 15) is 5.11 Å². The zero-order chi connectivity index (χ0) is 19.8. The third-order valence-electron chi connectivity index (χ3n) is 4.71. The molecule has 0 heterocycles. The van der Waals surface area contributed by atoms with E-state index in [2.05, 4.69) is 43.0 Å². The van der Waals surface area contributed by atoms with Gasteiger partial charge in [-0.15, -0.1) is 0 Å². The summed E-state index contributed by atoms with van der Waals surface area (Å²) in [6.07, 6.45) is 1.87. The summed E-state index contributed by atoms with van der Waals surface area (Å²) < 4.78 is 0. The molecule has 0 saturated carbocycles. The summed E-state index contributed by atoms with van der Waals surface area (Å²) in [4.78, 5) is 2.32. The Bertz CT molecular complexity index is 870. The van der Waals surface area contributed by atoms with Gasteiger partial charge in [0.05, 0.1) is 24.2 Å². The van der Waals surface area contributed by atoms with Crippen molar-refractivity contribution in [3.63, 3.8) is 0 Å². The summed E-state index contributed by atoms with van der Waals surface area (Å²) in [5.41, 5.74) is 5.08. The number of nitrogens with zero attached hydrogens (tertiary/aromatic N) is 3. The van der Waals surface area contributed by atoms with Gasteiger partial charge in [-0.05, 0) is 61.4 Å². The summed E-state index contributed by atoms with van der Waals surface area (Å²) in [6, 6.07) is 26.3. The van der Waals surface area contributed by atoms with E-state index in [1.165, 1.54) is 5.69 Å². The van der Waals surface area contributed by atoms with Crippen molar-refractivity contribution in [2.75, 3.05) is 23.0 Å². The Kier molecular flexibility index (Phi) is 6.82. The Morgan fingerprint density at radius 1 is 0.750 bits per heavy atom. The van der Waals surface area contributed by atoms with Crippen LogP contribution in [0.5, 0.6) is 0 Å². The maximum atomic E-state index is 9.29. The Morgan fingerprint density at radius 3 is 1.89 bits per heavy atom. The number of hydrazone groups is 1. The van der Waals surface area contributed by atoms with Crippen LogP contribution in [0.15, 0.2) is 84.0 Å². The Hall–Kier alpha value is -3.11. The SMILES string of the molecule is CCN(CC)c1ccc(/C=N/N(c2ccccc2)c2ccc(CO)cc2)cc1. The van der Waals surface area contributed by atoms with Gasteiger partial charge in [-0.2, -0.15) is 5.10 Å². The number of para-hydroxylation sites is 1. The van der Waals surface area contributed by atoms with Gasteiger partial charge >= 0.3 is 0 Å². The second kappa shape index (κ2) is 9.72. The molecule has 1 N–H and O–H groups in total. The molecular formula is C24H27N3O. The van der Waals surface area contributed by atoms with Crippen LogP contribution >= 0.6 is 0 Å². The number of hydrogen-bond acceptors (Lipinski definition) is 4. The molecule has 0 aliphatic rings. The summed E-state index contributed by atoms with van der Waals surface area (Å²) in [7, 11) is 0. The van der Waals surface area contributed by atoms with Crippen LogP contribution in [-0.4, -0.2) is 24.4 Å². The van der Waals surface area contributed by atoms with E-state index < -0.39 is 0 Å². The number of benzene rings is 3. The fourth-order valence-electron chi connectivity index (χ4n) is 3.08. The zero-order valence-electron chi connectivity index (χ0n) is 16.5. The molecule has 0 radical (unpaired) electrons. The lowest BCUT2D eigenvalue weighted by Crippen LogP contribution is -2.21. The predicted octanol–water partition coefficient (Wildman–Crippen LogP) is 5.20. The van der Waals surface area contributed by atoms with Crippen LogP contribution in [0, 0.1) is 0 Å². The van der Waals surface area contributed by atoms with Gasteiger partial charge in [0.15, 0.2) is 0 Å².